The van der Waals surface area contributed by atoms with Gasteiger partial charge in [0.2, 0.25) is 0 Å². The van der Waals surface area contributed by atoms with E-state index in [0.29, 0.717) is 23.7 Å². The summed E-state index contributed by atoms with van der Waals surface area (Å²) in [5.74, 6) is 0.994. The number of nitrogens with one attached hydrogen (secondary N) is 2. The predicted octanol–water partition coefficient (Wildman–Crippen LogP) is 3.92. The lowest BCUT2D eigenvalue weighted by Crippen LogP contribution is -3.14. The molecule has 5 rings (SSSR count). The molecule has 0 atom stereocenters. The van der Waals surface area contributed by atoms with Gasteiger partial charge in [-0.05, 0) is 47.9 Å². The number of nitrogens with zero attached hydrogens (tertiary/aromatic N) is 2. The van der Waals surface area contributed by atoms with Gasteiger partial charge in [-0.25, -0.2) is 10.4 Å². The van der Waals surface area contributed by atoms with Gasteiger partial charge < -0.3 is 19.1 Å². The second-order valence-electron chi connectivity index (χ2n) is 10.1. The van der Waals surface area contributed by atoms with Crippen LogP contribution in [0.4, 0.5) is 0 Å². The normalized spacial score (nSPS) is 13.9. The standard InChI is InChI=1S/C33H36N4O4/c1-3-6-24-9-12-26(13-10-24)30-22-28(27-7-4-5-8-29(27)35-30)33(38)36-34-23-25-11-14-31(32(21-25)39-2)41-20-17-37-15-18-40-19-16-37/h4-5,7-14,21-23H,3,6,15-20H2,1-2H3,(H,36,38)/p+1. The van der Waals surface area contributed by atoms with Gasteiger partial charge >= 0.3 is 0 Å². The molecule has 1 fully saturated rings. The molecule has 2 heterocycles. The van der Waals surface area contributed by atoms with Gasteiger partial charge in [0, 0.05) is 10.9 Å². The minimum absolute atomic E-state index is 0.304. The first-order chi connectivity index (χ1) is 20.1. The fraction of sp³-hybridized carbons (Fsp3) is 0.303. The Hall–Kier alpha value is -4.27. The van der Waals surface area contributed by atoms with Crippen molar-refractivity contribution >= 4 is 23.0 Å². The third kappa shape index (κ3) is 7.28. The van der Waals surface area contributed by atoms with E-state index in [1.54, 1.807) is 13.3 Å². The maximum Gasteiger partial charge on any atom is 0.272 e. The summed E-state index contributed by atoms with van der Waals surface area (Å²) in [7, 11) is 1.61. The first kappa shape index (κ1) is 28.3. The number of rotatable bonds is 11. The van der Waals surface area contributed by atoms with Gasteiger partial charge in [0.05, 0.1) is 43.3 Å². The molecule has 1 aliphatic rings. The second-order valence-corrected chi connectivity index (χ2v) is 10.1. The number of hydrogen-bond acceptors (Lipinski definition) is 6. The molecule has 8 nitrogen and oxygen atoms in total. The van der Waals surface area contributed by atoms with Gasteiger partial charge in [-0.3, -0.25) is 4.79 Å². The summed E-state index contributed by atoms with van der Waals surface area (Å²) in [6.45, 7) is 7.29. The average molecular weight is 554 g/mol. The molecule has 0 bridgehead atoms. The summed E-state index contributed by atoms with van der Waals surface area (Å²) < 4.78 is 16.9. The number of amides is 1. The van der Waals surface area contributed by atoms with Crippen molar-refractivity contribution in [2.24, 2.45) is 5.10 Å². The molecule has 8 heteroatoms. The zero-order valence-electron chi connectivity index (χ0n) is 23.7. The van der Waals surface area contributed by atoms with E-state index < -0.39 is 0 Å². The summed E-state index contributed by atoms with van der Waals surface area (Å²) in [5.41, 5.74) is 7.74. The second kappa shape index (κ2) is 13.9. The van der Waals surface area contributed by atoms with E-state index in [9.17, 15) is 4.79 Å². The zero-order chi connectivity index (χ0) is 28.4. The first-order valence-corrected chi connectivity index (χ1v) is 14.2. The molecule has 1 amide bonds. The van der Waals surface area contributed by atoms with E-state index in [-0.39, 0.29) is 5.91 Å². The number of carbonyl (C=O) groups is 1. The number of para-hydroxylation sites is 1. The molecule has 3 aromatic carbocycles. The van der Waals surface area contributed by atoms with Crippen molar-refractivity contribution in [2.75, 3.05) is 46.6 Å². The van der Waals surface area contributed by atoms with Gasteiger partial charge in [0.1, 0.15) is 26.2 Å². The minimum atomic E-state index is -0.304. The van der Waals surface area contributed by atoms with Crippen LogP contribution in [0.5, 0.6) is 11.5 Å². The van der Waals surface area contributed by atoms with E-state index in [0.717, 1.165) is 73.4 Å². The Morgan fingerprint density at radius 1 is 1.05 bits per heavy atom. The van der Waals surface area contributed by atoms with Gasteiger partial charge in [-0.15, -0.1) is 0 Å². The average Bonchev–Trinajstić information content (AvgIpc) is 3.02. The lowest BCUT2D eigenvalue weighted by molar-refractivity contribution is -0.908. The Labute approximate surface area is 240 Å². The maximum atomic E-state index is 13.3. The van der Waals surface area contributed by atoms with E-state index in [1.807, 2.05) is 48.5 Å². The summed E-state index contributed by atoms with van der Waals surface area (Å²) in [4.78, 5) is 19.6. The van der Waals surface area contributed by atoms with E-state index in [1.165, 1.54) is 10.5 Å². The Morgan fingerprint density at radius 2 is 1.85 bits per heavy atom. The topological polar surface area (TPSA) is 86.5 Å². The number of quaternary nitrogens is 1. The van der Waals surface area contributed by atoms with E-state index >= 15 is 0 Å². The van der Waals surface area contributed by atoms with E-state index in [2.05, 4.69) is 41.7 Å². The third-order valence-electron chi connectivity index (χ3n) is 7.23. The summed E-state index contributed by atoms with van der Waals surface area (Å²) in [6, 6.07) is 23.4. The number of fused-ring (bicyclic) bond motifs is 1. The number of benzene rings is 3. The predicted molar refractivity (Wildman–Crippen MR) is 161 cm³/mol. The maximum absolute atomic E-state index is 13.3. The van der Waals surface area contributed by atoms with Crippen molar-refractivity contribution < 1.29 is 23.9 Å². The number of aryl methyl sites for hydroxylation is 1. The van der Waals surface area contributed by atoms with Crippen molar-refractivity contribution in [2.45, 2.75) is 19.8 Å². The largest absolute Gasteiger partial charge is 0.493 e. The Balaban J connectivity index is 1.27. The highest BCUT2D eigenvalue weighted by Gasteiger charge is 2.15. The summed E-state index contributed by atoms with van der Waals surface area (Å²) in [6.07, 6.45) is 3.73. The van der Waals surface area contributed by atoms with Crippen LogP contribution in [0.1, 0.15) is 34.8 Å². The Morgan fingerprint density at radius 3 is 2.63 bits per heavy atom. The van der Waals surface area contributed by atoms with Crippen LogP contribution in [0.15, 0.2) is 77.9 Å². The molecule has 0 unspecified atom stereocenters. The molecule has 2 N–H and O–H groups in total. The molecule has 1 aliphatic heterocycles. The number of aromatic nitrogens is 1. The fourth-order valence-corrected chi connectivity index (χ4v) is 4.97. The number of morpholine rings is 1. The summed E-state index contributed by atoms with van der Waals surface area (Å²) >= 11 is 0. The summed E-state index contributed by atoms with van der Waals surface area (Å²) in [5, 5.41) is 5.00. The van der Waals surface area contributed by atoms with Gasteiger partial charge in [-0.2, -0.15) is 5.10 Å². The molecular weight excluding hydrogens is 516 g/mol. The third-order valence-corrected chi connectivity index (χ3v) is 7.23. The number of carbonyl (C=O) groups excluding carboxylic acids is 1. The van der Waals surface area contributed by atoms with Crippen LogP contribution in [-0.4, -0.2) is 63.7 Å². The molecule has 1 saturated heterocycles. The number of ether oxygens (including phenoxy) is 3. The highest BCUT2D eigenvalue weighted by atomic mass is 16.5. The van der Waals surface area contributed by atoms with Crippen molar-refractivity contribution in [3.05, 3.63) is 89.5 Å². The molecule has 0 radical (unpaired) electrons. The molecular formula is C33H37N4O4+. The number of hydrazone groups is 1. The highest BCUT2D eigenvalue weighted by molar-refractivity contribution is 6.07. The first-order valence-electron chi connectivity index (χ1n) is 14.2. The SMILES string of the molecule is CCCc1ccc(-c2cc(C(=O)NN=Cc3ccc(OCC[NH+]4CCOCC4)c(OC)c3)c3ccccc3n2)cc1. The van der Waals surface area contributed by atoms with Crippen LogP contribution in [0.3, 0.4) is 0 Å². The minimum Gasteiger partial charge on any atom is -0.493 e. The number of methoxy groups -OCH3 is 1. The van der Waals surface area contributed by atoms with Crippen molar-refractivity contribution in [1.82, 2.24) is 10.4 Å². The van der Waals surface area contributed by atoms with Crippen LogP contribution in [-0.2, 0) is 11.2 Å². The van der Waals surface area contributed by atoms with Crippen molar-refractivity contribution in [3.8, 4) is 22.8 Å². The lowest BCUT2D eigenvalue weighted by Gasteiger charge is -2.23. The van der Waals surface area contributed by atoms with Crippen LogP contribution >= 0.6 is 0 Å². The van der Waals surface area contributed by atoms with Crippen LogP contribution in [0, 0.1) is 0 Å². The van der Waals surface area contributed by atoms with Crippen LogP contribution in [0.2, 0.25) is 0 Å². The molecule has 212 valence electrons. The molecule has 0 saturated carbocycles. The molecule has 4 aromatic rings. The Bertz CT molecular complexity index is 1500. The van der Waals surface area contributed by atoms with Crippen LogP contribution in [0.25, 0.3) is 22.2 Å². The zero-order valence-corrected chi connectivity index (χ0v) is 23.7. The van der Waals surface area contributed by atoms with Crippen molar-refractivity contribution in [3.63, 3.8) is 0 Å². The number of pyridine rings is 1. The van der Waals surface area contributed by atoms with Gasteiger partial charge in [-0.1, -0.05) is 55.8 Å². The van der Waals surface area contributed by atoms with Gasteiger partial charge in [0.25, 0.3) is 5.91 Å². The molecule has 0 spiro atoms. The molecule has 0 aliphatic carbocycles. The quantitative estimate of drug-likeness (QED) is 0.217. The monoisotopic (exact) mass is 553 g/mol. The number of hydrogen-bond donors (Lipinski definition) is 2. The highest BCUT2D eigenvalue weighted by Crippen LogP contribution is 2.28. The smallest absolute Gasteiger partial charge is 0.272 e. The lowest BCUT2D eigenvalue weighted by atomic mass is 10.0. The van der Waals surface area contributed by atoms with Crippen molar-refractivity contribution in [1.29, 1.82) is 0 Å². The van der Waals surface area contributed by atoms with Gasteiger partial charge in [0.15, 0.2) is 11.5 Å². The van der Waals surface area contributed by atoms with E-state index in [4.69, 9.17) is 19.2 Å². The van der Waals surface area contributed by atoms with Crippen LogP contribution < -0.4 is 19.8 Å². The molecule has 41 heavy (non-hydrogen) atoms. The molecule has 1 aromatic heterocycles. The fourth-order valence-electron chi connectivity index (χ4n) is 4.97. The Kier molecular flexibility index (Phi) is 9.57.